The van der Waals surface area contributed by atoms with Crippen LogP contribution in [0, 0.1) is 4.91 Å². The lowest BCUT2D eigenvalue weighted by molar-refractivity contribution is -0.144. The van der Waals surface area contributed by atoms with Gasteiger partial charge in [0.1, 0.15) is 0 Å². The van der Waals surface area contributed by atoms with Crippen molar-refractivity contribution < 1.29 is 9.53 Å². The fourth-order valence-electron chi connectivity index (χ4n) is 0.999. The van der Waals surface area contributed by atoms with Gasteiger partial charge in [0.2, 0.25) is 6.04 Å². The number of hydrogen-bond acceptors (Lipinski definition) is 5. The van der Waals surface area contributed by atoms with Gasteiger partial charge in [-0.15, -0.1) is 4.91 Å². The summed E-state index contributed by atoms with van der Waals surface area (Å²) in [7, 11) is 0. The van der Waals surface area contributed by atoms with Crippen molar-refractivity contribution in [1.29, 1.82) is 0 Å². The van der Waals surface area contributed by atoms with Gasteiger partial charge < -0.3 is 4.74 Å². The average Bonchev–Trinajstić information content (AvgIpc) is 2.21. The van der Waals surface area contributed by atoms with Crippen molar-refractivity contribution in [1.82, 2.24) is 4.98 Å². The molecule has 0 spiro atoms. The second-order valence-electron chi connectivity index (χ2n) is 2.55. The second kappa shape index (κ2) is 5.06. The first kappa shape index (κ1) is 10.3. The lowest BCUT2D eigenvalue weighted by atomic mass is 10.1. The van der Waals surface area contributed by atoms with Crippen molar-refractivity contribution in [3.63, 3.8) is 0 Å². The van der Waals surface area contributed by atoms with Crippen LogP contribution >= 0.6 is 0 Å². The zero-order chi connectivity index (χ0) is 10.4. The van der Waals surface area contributed by atoms with E-state index in [-0.39, 0.29) is 6.61 Å². The third-order valence-corrected chi connectivity index (χ3v) is 1.62. The zero-order valence-electron chi connectivity index (χ0n) is 7.71. The highest BCUT2D eigenvalue weighted by Crippen LogP contribution is 2.17. The molecule has 0 aliphatic heterocycles. The van der Waals surface area contributed by atoms with E-state index in [4.69, 9.17) is 0 Å². The molecule has 1 rings (SSSR count). The highest BCUT2D eigenvalue weighted by atomic mass is 16.5. The van der Waals surface area contributed by atoms with E-state index in [1.165, 1.54) is 6.20 Å². The van der Waals surface area contributed by atoms with E-state index < -0.39 is 12.0 Å². The van der Waals surface area contributed by atoms with Crippen LogP contribution in [0.15, 0.2) is 29.7 Å². The molecule has 0 N–H and O–H groups in total. The average molecular weight is 194 g/mol. The molecule has 0 aromatic carbocycles. The van der Waals surface area contributed by atoms with Crippen LogP contribution in [0.1, 0.15) is 18.5 Å². The molecule has 5 nitrogen and oxygen atoms in total. The standard InChI is InChI=1S/C9H10N2O3/c1-2-14-9(12)8(11-13)7-4-3-5-10-6-7/h3-6,8H,2H2,1H3. The Bertz CT molecular complexity index is 313. The molecule has 0 aliphatic carbocycles. The van der Waals surface area contributed by atoms with Gasteiger partial charge in [0.15, 0.2) is 0 Å². The summed E-state index contributed by atoms with van der Waals surface area (Å²) in [5.74, 6) is -0.643. The van der Waals surface area contributed by atoms with Crippen LogP contribution in [0.2, 0.25) is 0 Å². The Morgan fingerprint density at radius 1 is 1.71 bits per heavy atom. The molecule has 1 heterocycles. The molecule has 1 unspecified atom stereocenters. The van der Waals surface area contributed by atoms with Gasteiger partial charge in [-0.1, -0.05) is 6.07 Å². The first-order valence-corrected chi connectivity index (χ1v) is 4.18. The maximum atomic E-state index is 11.2. The Morgan fingerprint density at radius 3 is 3.00 bits per heavy atom. The molecule has 1 atom stereocenters. The lowest BCUT2D eigenvalue weighted by Gasteiger charge is -2.07. The normalized spacial score (nSPS) is 11.8. The van der Waals surface area contributed by atoms with Gasteiger partial charge in [0, 0.05) is 18.0 Å². The smallest absolute Gasteiger partial charge is 0.339 e. The van der Waals surface area contributed by atoms with E-state index in [9.17, 15) is 9.70 Å². The molecule has 0 amide bonds. The van der Waals surface area contributed by atoms with Crippen LogP contribution in [0.25, 0.3) is 0 Å². The maximum absolute atomic E-state index is 11.2. The third-order valence-electron chi connectivity index (χ3n) is 1.62. The van der Waals surface area contributed by atoms with Gasteiger partial charge in [-0.25, -0.2) is 4.79 Å². The van der Waals surface area contributed by atoms with Crippen molar-refractivity contribution in [3.8, 4) is 0 Å². The summed E-state index contributed by atoms with van der Waals surface area (Å²) < 4.78 is 4.69. The number of carbonyl (C=O) groups is 1. The van der Waals surface area contributed by atoms with E-state index in [2.05, 4.69) is 14.9 Å². The van der Waals surface area contributed by atoms with Crippen molar-refractivity contribution in [3.05, 3.63) is 35.0 Å². The summed E-state index contributed by atoms with van der Waals surface area (Å²) in [6.45, 7) is 1.90. The van der Waals surface area contributed by atoms with Crippen LogP contribution in [0.4, 0.5) is 0 Å². The predicted molar refractivity (Wildman–Crippen MR) is 49.4 cm³/mol. The molecule has 14 heavy (non-hydrogen) atoms. The number of rotatable bonds is 4. The molecule has 74 valence electrons. The largest absolute Gasteiger partial charge is 0.464 e. The minimum absolute atomic E-state index is 0.227. The first-order chi connectivity index (χ1) is 6.79. The van der Waals surface area contributed by atoms with Crippen LogP contribution in [0.3, 0.4) is 0 Å². The molecule has 0 saturated heterocycles. The fourth-order valence-corrected chi connectivity index (χ4v) is 0.999. The van der Waals surface area contributed by atoms with Crippen LogP contribution in [-0.2, 0) is 9.53 Å². The topological polar surface area (TPSA) is 68.6 Å². The second-order valence-corrected chi connectivity index (χ2v) is 2.55. The van der Waals surface area contributed by atoms with E-state index in [1.807, 2.05) is 0 Å². The molecule has 0 radical (unpaired) electrons. The van der Waals surface area contributed by atoms with Crippen LogP contribution in [0.5, 0.6) is 0 Å². The Labute approximate surface area is 81.1 Å². The van der Waals surface area contributed by atoms with Crippen LogP contribution < -0.4 is 0 Å². The Kier molecular flexibility index (Phi) is 3.72. The number of nitrogens with zero attached hydrogens (tertiary/aromatic N) is 2. The van der Waals surface area contributed by atoms with E-state index in [0.717, 1.165) is 0 Å². The summed E-state index contributed by atoms with van der Waals surface area (Å²) in [5.41, 5.74) is 0.445. The Morgan fingerprint density at radius 2 is 2.50 bits per heavy atom. The number of aromatic nitrogens is 1. The van der Waals surface area contributed by atoms with E-state index in [0.29, 0.717) is 5.56 Å². The third kappa shape index (κ3) is 2.35. The summed E-state index contributed by atoms with van der Waals surface area (Å²) in [4.78, 5) is 25.5. The summed E-state index contributed by atoms with van der Waals surface area (Å²) in [6.07, 6.45) is 2.97. The van der Waals surface area contributed by atoms with Gasteiger partial charge >= 0.3 is 5.97 Å². The molecule has 1 aromatic rings. The zero-order valence-corrected chi connectivity index (χ0v) is 7.71. The van der Waals surface area contributed by atoms with Crippen molar-refractivity contribution in [2.75, 3.05) is 6.61 Å². The fraction of sp³-hybridized carbons (Fsp3) is 0.333. The quantitative estimate of drug-likeness (QED) is 0.537. The molecule has 0 saturated carbocycles. The van der Waals surface area contributed by atoms with E-state index in [1.54, 1.807) is 25.3 Å². The van der Waals surface area contributed by atoms with Crippen molar-refractivity contribution in [2.24, 2.45) is 5.18 Å². The monoisotopic (exact) mass is 194 g/mol. The van der Waals surface area contributed by atoms with Gasteiger partial charge in [0.25, 0.3) is 0 Å². The highest BCUT2D eigenvalue weighted by Gasteiger charge is 2.22. The number of esters is 1. The number of ether oxygens (including phenoxy) is 1. The lowest BCUT2D eigenvalue weighted by Crippen LogP contribution is -2.13. The summed E-state index contributed by atoms with van der Waals surface area (Å²) in [6, 6.07) is 2.13. The predicted octanol–water partition coefficient (Wildman–Crippen LogP) is 1.45. The Balaban J connectivity index is 2.82. The van der Waals surface area contributed by atoms with Crippen molar-refractivity contribution >= 4 is 5.97 Å². The molecule has 0 fully saturated rings. The minimum atomic E-state index is -1.11. The SMILES string of the molecule is CCOC(=O)C(N=O)c1cccnc1. The first-order valence-electron chi connectivity index (χ1n) is 4.18. The number of carbonyl (C=O) groups excluding carboxylic acids is 1. The number of nitroso groups, excluding NO2 is 1. The molecule has 1 aromatic heterocycles. The summed E-state index contributed by atoms with van der Waals surface area (Å²) >= 11 is 0. The minimum Gasteiger partial charge on any atom is -0.464 e. The molecule has 0 bridgehead atoms. The number of pyridine rings is 1. The molecular weight excluding hydrogens is 184 g/mol. The van der Waals surface area contributed by atoms with Gasteiger partial charge in [0.05, 0.1) is 6.61 Å². The summed E-state index contributed by atoms with van der Waals surface area (Å²) in [5, 5.41) is 2.71. The highest BCUT2D eigenvalue weighted by molar-refractivity contribution is 5.77. The molecular formula is C9H10N2O3. The van der Waals surface area contributed by atoms with E-state index >= 15 is 0 Å². The van der Waals surface area contributed by atoms with Gasteiger partial charge in [-0.3, -0.25) is 4.98 Å². The molecule has 5 heteroatoms. The Hall–Kier alpha value is -1.78. The maximum Gasteiger partial charge on any atom is 0.339 e. The van der Waals surface area contributed by atoms with Gasteiger partial charge in [-0.05, 0) is 18.2 Å². The van der Waals surface area contributed by atoms with Crippen molar-refractivity contribution in [2.45, 2.75) is 13.0 Å². The van der Waals surface area contributed by atoms with Crippen LogP contribution in [-0.4, -0.2) is 17.6 Å². The molecule has 0 aliphatic rings. The van der Waals surface area contributed by atoms with Gasteiger partial charge in [-0.2, -0.15) is 0 Å². The number of hydrogen-bond donors (Lipinski definition) is 0.